The molecule has 2 heterocycles. The zero-order chi connectivity index (χ0) is 16.1. The van der Waals surface area contributed by atoms with Gasteiger partial charge < -0.3 is 15.2 Å². The fourth-order valence-electron chi connectivity index (χ4n) is 2.99. The van der Waals surface area contributed by atoms with Gasteiger partial charge in [-0.15, -0.1) is 0 Å². The van der Waals surface area contributed by atoms with Gasteiger partial charge in [0.15, 0.2) is 21.3 Å². The molecule has 2 aliphatic heterocycles. The van der Waals surface area contributed by atoms with Crippen LogP contribution in [0.3, 0.4) is 0 Å². The Morgan fingerprint density at radius 2 is 2.14 bits per heavy atom. The van der Waals surface area contributed by atoms with Crippen molar-refractivity contribution in [2.45, 2.75) is 38.3 Å². The SMILES string of the molecule is CC1(C)Cc2ccc(C(=O)NC3CCS(=O)(=O)C3)c(O)c2O1. The molecule has 0 aromatic heterocycles. The van der Waals surface area contributed by atoms with Crippen LogP contribution in [0.4, 0.5) is 0 Å². The van der Waals surface area contributed by atoms with Crippen LogP contribution in [0.5, 0.6) is 11.5 Å². The maximum absolute atomic E-state index is 12.3. The van der Waals surface area contributed by atoms with E-state index in [1.807, 2.05) is 13.8 Å². The summed E-state index contributed by atoms with van der Waals surface area (Å²) < 4.78 is 28.6. The number of rotatable bonds is 2. The number of ether oxygens (including phenoxy) is 1. The normalized spacial score (nSPS) is 24.5. The van der Waals surface area contributed by atoms with E-state index in [-0.39, 0.29) is 22.8 Å². The topological polar surface area (TPSA) is 92.7 Å². The number of phenols is 1. The van der Waals surface area contributed by atoms with Crippen LogP contribution in [0.2, 0.25) is 0 Å². The van der Waals surface area contributed by atoms with E-state index < -0.39 is 27.4 Å². The van der Waals surface area contributed by atoms with Crippen molar-refractivity contribution in [1.82, 2.24) is 5.32 Å². The number of amides is 1. The number of nitrogens with one attached hydrogen (secondary N) is 1. The van der Waals surface area contributed by atoms with Crippen LogP contribution in [0.1, 0.15) is 36.2 Å². The van der Waals surface area contributed by atoms with Crippen LogP contribution in [0.25, 0.3) is 0 Å². The summed E-state index contributed by atoms with van der Waals surface area (Å²) in [5.41, 5.74) is 0.567. The molecule has 2 N–H and O–H groups in total. The molecule has 120 valence electrons. The molecule has 0 radical (unpaired) electrons. The van der Waals surface area contributed by atoms with Crippen LogP contribution in [0, 0.1) is 0 Å². The maximum atomic E-state index is 12.3. The molecular weight excluding hydrogens is 306 g/mol. The highest BCUT2D eigenvalue weighted by Crippen LogP contribution is 2.43. The molecule has 7 heteroatoms. The predicted molar refractivity (Wildman–Crippen MR) is 81.0 cm³/mol. The zero-order valence-electron chi connectivity index (χ0n) is 12.5. The van der Waals surface area contributed by atoms with E-state index in [2.05, 4.69) is 5.32 Å². The molecule has 2 aliphatic rings. The Balaban J connectivity index is 1.80. The summed E-state index contributed by atoms with van der Waals surface area (Å²) in [5, 5.41) is 13.0. The van der Waals surface area contributed by atoms with Crippen molar-refractivity contribution in [3.63, 3.8) is 0 Å². The Hall–Kier alpha value is -1.76. The van der Waals surface area contributed by atoms with E-state index in [4.69, 9.17) is 4.74 Å². The molecule has 1 fully saturated rings. The Bertz CT molecular complexity index is 739. The fourth-order valence-corrected chi connectivity index (χ4v) is 4.67. The van der Waals surface area contributed by atoms with Gasteiger partial charge in [0, 0.05) is 18.0 Å². The first kappa shape index (κ1) is 15.1. The molecule has 1 amide bonds. The van der Waals surface area contributed by atoms with Gasteiger partial charge in [-0.05, 0) is 26.3 Å². The molecule has 1 atom stereocenters. The van der Waals surface area contributed by atoms with Crippen LogP contribution in [0.15, 0.2) is 12.1 Å². The predicted octanol–water partition coefficient (Wildman–Crippen LogP) is 1.02. The summed E-state index contributed by atoms with van der Waals surface area (Å²) in [6.45, 7) is 3.82. The quantitative estimate of drug-likeness (QED) is 0.847. The minimum absolute atomic E-state index is 0.0476. The van der Waals surface area contributed by atoms with Gasteiger partial charge in [0.05, 0.1) is 17.1 Å². The summed E-state index contributed by atoms with van der Waals surface area (Å²) in [6, 6.07) is 2.92. The lowest BCUT2D eigenvalue weighted by molar-refractivity contribution is 0.0935. The highest BCUT2D eigenvalue weighted by atomic mass is 32.2. The Morgan fingerprint density at radius 1 is 1.41 bits per heavy atom. The van der Waals surface area contributed by atoms with Gasteiger partial charge in [-0.2, -0.15) is 0 Å². The van der Waals surface area contributed by atoms with Crippen molar-refractivity contribution in [2.24, 2.45) is 0 Å². The number of carbonyl (C=O) groups is 1. The van der Waals surface area contributed by atoms with E-state index >= 15 is 0 Å². The average Bonchev–Trinajstić information content (AvgIpc) is 2.88. The third kappa shape index (κ3) is 2.77. The fraction of sp³-hybridized carbons (Fsp3) is 0.533. The lowest BCUT2D eigenvalue weighted by atomic mass is 10.00. The van der Waals surface area contributed by atoms with Gasteiger partial charge in [-0.1, -0.05) is 6.07 Å². The van der Waals surface area contributed by atoms with Crippen LogP contribution >= 0.6 is 0 Å². The molecular formula is C15H19NO5S. The van der Waals surface area contributed by atoms with Gasteiger partial charge in [0.2, 0.25) is 0 Å². The lowest BCUT2D eigenvalue weighted by Crippen LogP contribution is -2.35. The second-order valence-electron chi connectivity index (χ2n) is 6.56. The number of carbonyl (C=O) groups excluding carboxylic acids is 1. The minimum Gasteiger partial charge on any atom is -0.504 e. The lowest BCUT2D eigenvalue weighted by Gasteiger charge is -2.17. The van der Waals surface area contributed by atoms with Gasteiger partial charge in [0.1, 0.15) is 5.60 Å². The number of aromatic hydroxyl groups is 1. The molecule has 1 saturated heterocycles. The number of benzene rings is 1. The van der Waals surface area contributed by atoms with E-state index in [0.29, 0.717) is 18.6 Å². The third-order valence-electron chi connectivity index (χ3n) is 4.02. The first-order valence-electron chi connectivity index (χ1n) is 7.22. The number of sulfone groups is 1. The van der Waals surface area contributed by atoms with Gasteiger partial charge in [-0.3, -0.25) is 4.79 Å². The van der Waals surface area contributed by atoms with Crippen LogP contribution in [-0.2, 0) is 16.3 Å². The molecule has 0 bridgehead atoms. The van der Waals surface area contributed by atoms with Crippen molar-refractivity contribution >= 4 is 15.7 Å². The van der Waals surface area contributed by atoms with E-state index in [1.165, 1.54) is 0 Å². The summed E-state index contributed by atoms with van der Waals surface area (Å²) in [7, 11) is -3.06. The molecule has 1 unspecified atom stereocenters. The summed E-state index contributed by atoms with van der Waals surface area (Å²) in [6.07, 6.45) is 1.07. The van der Waals surface area contributed by atoms with Gasteiger partial charge >= 0.3 is 0 Å². The first-order valence-corrected chi connectivity index (χ1v) is 9.04. The molecule has 0 saturated carbocycles. The minimum atomic E-state index is -3.06. The maximum Gasteiger partial charge on any atom is 0.255 e. The van der Waals surface area contributed by atoms with Crippen LogP contribution in [-0.4, -0.2) is 42.6 Å². The molecule has 1 aromatic carbocycles. The summed E-state index contributed by atoms with van der Waals surface area (Å²) in [5.74, 6) is -0.270. The Labute approximate surface area is 129 Å². The molecule has 0 aliphatic carbocycles. The molecule has 1 aromatic rings. The van der Waals surface area contributed by atoms with Crippen molar-refractivity contribution < 1.29 is 23.1 Å². The number of phenolic OH excluding ortho intramolecular Hbond substituents is 1. The van der Waals surface area contributed by atoms with Gasteiger partial charge in [0.25, 0.3) is 5.91 Å². The smallest absolute Gasteiger partial charge is 0.255 e. The Morgan fingerprint density at radius 3 is 2.77 bits per heavy atom. The van der Waals surface area contributed by atoms with Crippen molar-refractivity contribution in [2.75, 3.05) is 11.5 Å². The van der Waals surface area contributed by atoms with Gasteiger partial charge in [-0.25, -0.2) is 8.42 Å². The van der Waals surface area contributed by atoms with Crippen LogP contribution < -0.4 is 10.1 Å². The summed E-state index contributed by atoms with van der Waals surface area (Å²) in [4.78, 5) is 12.3. The highest BCUT2D eigenvalue weighted by Gasteiger charge is 2.35. The second kappa shape index (κ2) is 4.87. The average molecular weight is 325 g/mol. The van der Waals surface area contributed by atoms with E-state index in [1.54, 1.807) is 12.1 Å². The zero-order valence-corrected chi connectivity index (χ0v) is 13.4. The molecule has 0 spiro atoms. The standard InChI is InChI=1S/C15H19NO5S/c1-15(2)7-9-3-4-11(12(17)13(9)21-15)14(18)16-10-5-6-22(19,20)8-10/h3-4,10,17H,5-8H2,1-2H3,(H,16,18). The van der Waals surface area contributed by atoms with Crippen molar-refractivity contribution in [3.05, 3.63) is 23.3 Å². The largest absolute Gasteiger partial charge is 0.504 e. The molecule has 3 rings (SSSR count). The molecule has 22 heavy (non-hydrogen) atoms. The molecule has 6 nitrogen and oxygen atoms in total. The van der Waals surface area contributed by atoms with E-state index in [0.717, 1.165) is 5.56 Å². The van der Waals surface area contributed by atoms with E-state index in [9.17, 15) is 18.3 Å². The van der Waals surface area contributed by atoms with Crippen molar-refractivity contribution in [1.29, 1.82) is 0 Å². The second-order valence-corrected chi connectivity index (χ2v) is 8.79. The number of hydrogen-bond acceptors (Lipinski definition) is 5. The number of fused-ring (bicyclic) bond motifs is 1. The number of hydrogen-bond donors (Lipinski definition) is 2. The first-order chi connectivity index (χ1) is 10.2. The Kier molecular flexibility index (Phi) is 3.36. The third-order valence-corrected chi connectivity index (χ3v) is 5.79. The highest BCUT2D eigenvalue weighted by molar-refractivity contribution is 7.91. The monoisotopic (exact) mass is 325 g/mol. The summed E-state index contributed by atoms with van der Waals surface area (Å²) >= 11 is 0. The van der Waals surface area contributed by atoms with Crippen molar-refractivity contribution in [3.8, 4) is 11.5 Å².